The summed E-state index contributed by atoms with van der Waals surface area (Å²) in [5, 5.41) is 14.7. The van der Waals surface area contributed by atoms with E-state index in [1.54, 1.807) is 18.3 Å². The van der Waals surface area contributed by atoms with Crippen LogP contribution in [0, 0.1) is 10.1 Å². The molecule has 0 unspecified atom stereocenters. The smallest absolute Gasteiger partial charge is 0.269 e. The summed E-state index contributed by atoms with van der Waals surface area (Å²) in [4.78, 5) is 24.3. The van der Waals surface area contributed by atoms with Gasteiger partial charge in [0.15, 0.2) is 0 Å². The van der Waals surface area contributed by atoms with Crippen LogP contribution in [0.3, 0.4) is 0 Å². The summed E-state index contributed by atoms with van der Waals surface area (Å²) in [6.45, 7) is 2.64. The normalized spacial score (nSPS) is 14.6. The number of nitro benzene ring substituents is 1. The Hall–Kier alpha value is -3.26. The van der Waals surface area contributed by atoms with Gasteiger partial charge in [-0.05, 0) is 73.5 Å². The molecule has 8 nitrogen and oxygen atoms in total. The van der Waals surface area contributed by atoms with E-state index in [4.69, 9.17) is 4.74 Å². The Bertz CT molecular complexity index is 844. The molecule has 0 spiro atoms. The van der Waals surface area contributed by atoms with E-state index >= 15 is 0 Å². The Balaban J connectivity index is 1.42. The van der Waals surface area contributed by atoms with Gasteiger partial charge in [-0.25, -0.2) is 5.43 Å². The van der Waals surface area contributed by atoms with E-state index in [1.807, 2.05) is 24.3 Å². The fraction of sp³-hybridized carbons (Fsp3) is 0.333. The van der Waals surface area contributed by atoms with Crippen molar-refractivity contribution in [3.8, 4) is 5.75 Å². The van der Waals surface area contributed by atoms with Gasteiger partial charge in [-0.15, -0.1) is 0 Å². The lowest BCUT2D eigenvalue weighted by molar-refractivity contribution is -0.384. The predicted molar refractivity (Wildman–Crippen MR) is 110 cm³/mol. The molecule has 1 saturated heterocycles. The fourth-order valence-electron chi connectivity index (χ4n) is 3.07. The zero-order valence-corrected chi connectivity index (χ0v) is 16.1. The molecule has 2 aromatic carbocycles. The Morgan fingerprint density at radius 1 is 1.10 bits per heavy atom. The van der Waals surface area contributed by atoms with Crippen LogP contribution in [0.2, 0.25) is 0 Å². The first-order valence-corrected chi connectivity index (χ1v) is 9.60. The van der Waals surface area contributed by atoms with Crippen LogP contribution in [-0.2, 0) is 11.4 Å². The minimum atomic E-state index is -0.430. The van der Waals surface area contributed by atoms with Crippen molar-refractivity contribution >= 4 is 17.8 Å². The fourth-order valence-corrected chi connectivity index (χ4v) is 3.07. The van der Waals surface area contributed by atoms with Crippen LogP contribution in [0.1, 0.15) is 30.4 Å². The van der Waals surface area contributed by atoms with Crippen molar-refractivity contribution < 1.29 is 14.5 Å². The highest BCUT2D eigenvalue weighted by molar-refractivity contribution is 5.83. The second-order valence-corrected chi connectivity index (χ2v) is 6.91. The summed E-state index contributed by atoms with van der Waals surface area (Å²) in [5.41, 5.74) is 4.30. The molecule has 1 heterocycles. The maximum Gasteiger partial charge on any atom is 0.269 e. The maximum absolute atomic E-state index is 11.9. The number of hydrazone groups is 1. The summed E-state index contributed by atoms with van der Waals surface area (Å²) in [7, 11) is 0. The van der Waals surface area contributed by atoms with Gasteiger partial charge in [0.2, 0.25) is 0 Å². The highest BCUT2D eigenvalue weighted by atomic mass is 16.6. The van der Waals surface area contributed by atoms with Gasteiger partial charge in [-0.3, -0.25) is 19.8 Å². The Labute approximate surface area is 169 Å². The number of carbonyl (C=O) groups is 1. The average Bonchev–Trinajstić information content (AvgIpc) is 2.74. The first-order valence-electron chi connectivity index (χ1n) is 9.60. The van der Waals surface area contributed by atoms with Gasteiger partial charge in [-0.2, -0.15) is 5.10 Å². The maximum atomic E-state index is 11.9. The van der Waals surface area contributed by atoms with Crippen molar-refractivity contribution in [2.45, 2.75) is 25.9 Å². The second kappa shape index (κ2) is 10.3. The molecule has 2 aromatic rings. The van der Waals surface area contributed by atoms with E-state index in [0.717, 1.165) is 37.1 Å². The van der Waals surface area contributed by atoms with Crippen LogP contribution in [0.25, 0.3) is 0 Å². The van der Waals surface area contributed by atoms with Gasteiger partial charge in [-0.1, -0.05) is 6.42 Å². The van der Waals surface area contributed by atoms with E-state index in [1.165, 1.54) is 18.6 Å². The number of nitro groups is 1. The molecule has 0 saturated carbocycles. The third-order valence-electron chi connectivity index (χ3n) is 4.65. The lowest BCUT2D eigenvalue weighted by Gasteiger charge is -2.25. The Morgan fingerprint density at radius 2 is 1.79 bits per heavy atom. The molecule has 29 heavy (non-hydrogen) atoms. The number of hydrogen-bond donors (Lipinski definition) is 1. The van der Waals surface area contributed by atoms with E-state index in [9.17, 15) is 14.9 Å². The van der Waals surface area contributed by atoms with Gasteiger partial charge in [0.25, 0.3) is 11.6 Å². The van der Waals surface area contributed by atoms with Gasteiger partial charge in [0.05, 0.1) is 17.7 Å². The number of likely N-dealkylation sites (tertiary alicyclic amines) is 1. The molecule has 0 aliphatic carbocycles. The highest BCUT2D eigenvalue weighted by Gasteiger charge is 2.13. The van der Waals surface area contributed by atoms with Crippen LogP contribution in [-0.4, -0.2) is 41.6 Å². The van der Waals surface area contributed by atoms with Crippen molar-refractivity contribution in [1.82, 2.24) is 10.3 Å². The molecule has 1 aliphatic heterocycles. The largest absolute Gasteiger partial charge is 0.489 e. The number of non-ortho nitro benzene ring substituents is 1. The summed E-state index contributed by atoms with van der Waals surface area (Å²) < 4.78 is 5.69. The molecule has 1 fully saturated rings. The molecule has 3 rings (SSSR count). The van der Waals surface area contributed by atoms with Gasteiger partial charge in [0.1, 0.15) is 12.4 Å². The molecule has 1 aliphatic rings. The molecule has 8 heteroatoms. The molecule has 0 bridgehead atoms. The van der Waals surface area contributed by atoms with Crippen molar-refractivity contribution in [1.29, 1.82) is 0 Å². The van der Waals surface area contributed by atoms with Crippen LogP contribution < -0.4 is 10.2 Å². The Kier molecular flexibility index (Phi) is 7.29. The van der Waals surface area contributed by atoms with Gasteiger partial charge in [0, 0.05) is 12.1 Å². The molecule has 152 valence electrons. The van der Waals surface area contributed by atoms with Crippen LogP contribution >= 0.6 is 0 Å². The standard InChI is InChI=1S/C21H24N4O4/c26-21(15-24-12-2-1-3-13-24)23-22-14-17-6-10-20(11-7-17)29-16-18-4-8-19(9-5-18)25(27)28/h4-11,14H,1-3,12-13,15-16H2,(H,23,26). The number of amides is 1. The number of nitrogens with one attached hydrogen (secondary N) is 1. The molecular formula is C21H24N4O4. The summed E-state index contributed by atoms with van der Waals surface area (Å²) in [6, 6.07) is 13.6. The zero-order chi connectivity index (χ0) is 20.5. The van der Waals surface area contributed by atoms with Crippen molar-refractivity contribution in [3.63, 3.8) is 0 Å². The predicted octanol–water partition coefficient (Wildman–Crippen LogP) is 3.11. The first-order chi connectivity index (χ1) is 14.1. The summed E-state index contributed by atoms with van der Waals surface area (Å²) >= 11 is 0. The SMILES string of the molecule is O=C(CN1CCCCC1)NN=Cc1ccc(OCc2ccc([N+](=O)[O-])cc2)cc1. The molecule has 1 N–H and O–H groups in total. The number of piperidine rings is 1. The van der Waals surface area contributed by atoms with Gasteiger partial charge >= 0.3 is 0 Å². The highest BCUT2D eigenvalue weighted by Crippen LogP contribution is 2.16. The third-order valence-corrected chi connectivity index (χ3v) is 4.65. The minimum Gasteiger partial charge on any atom is -0.489 e. The molecule has 1 amide bonds. The monoisotopic (exact) mass is 396 g/mol. The van der Waals surface area contributed by atoms with E-state index in [0.29, 0.717) is 18.9 Å². The lowest BCUT2D eigenvalue weighted by atomic mass is 10.1. The zero-order valence-electron chi connectivity index (χ0n) is 16.1. The second-order valence-electron chi connectivity index (χ2n) is 6.91. The third kappa shape index (κ3) is 6.69. The first kappa shape index (κ1) is 20.5. The molecular weight excluding hydrogens is 372 g/mol. The Morgan fingerprint density at radius 3 is 2.45 bits per heavy atom. The van der Waals surface area contributed by atoms with Crippen LogP contribution in [0.4, 0.5) is 5.69 Å². The number of rotatable bonds is 8. The number of benzene rings is 2. The van der Waals surface area contributed by atoms with E-state index < -0.39 is 4.92 Å². The summed E-state index contributed by atoms with van der Waals surface area (Å²) in [6.07, 6.45) is 5.13. The van der Waals surface area contributed by atoms with Gasteiger partial charge < -0.3 is 4.74 Å². The number of hydrogen-bond acceptors (Lipinski definition) is 6. The lowest BCUT2D eigenvalue weighted by Crippen LogP contribution is -2.38. The van der Waals surface area contributed by atoms with Crippen molar-refractivity contribution in [2.24, 2.45) is 5.10 Å². The van der Waals surface area contributed by atoms with Crippen LogP contribution in [0.5, 0.6) is 5.75 Å². The molecule has 0 radical (unpaired) electrons. The molecule has 0 atom stereocenters. The number of ether oxygens (including phenoxy) is 1. The molecule has 0 aromatic heterocycles. The number of nitrogens with zero attached hydrogens (tertiary/aromatic N) is 3. The number of carbonyl (C=O) groups excluding carboxylic acids is 1. The quantitative estimate of drug-likeness (QED) is 0.420. The van der Waals surface area contributed by atoms with Crippen molar-refractivity contribution in [2.75, 3.05) is 19.6 Å². The summed E-state index contributed by atoms with van der Waals surface area (Å²) in [5.74, 6) is 0.570. The average molecular weight is 396 g/mol. The minimum absolute atomic E-state index is 0.0559. The van der Waals surface area contributed by atoms with E-state index in [-0.39, 0.29) is 11.6 Å². The van der Waals surface area contributed by atoms with Crippen molar-refractivity contribution in [3.05, 3.63) is 69.8 Å². The van der Waals surface area contributed by atoms with E-state index in [2.05, 4.69) is 15.4 Å². The topological polar surface area (TPSA) is 97.1 Å². The van der Waals surface area contributed by atoms with Crippen LogP contribution in [0.15, 0.2) is 53.6 Å².